The minimum atomic E-state index is -1.91. The zero-order valence-corrected chi connectivity index (χ0v) is 14.8. The minimum Gasteiger partial charge on any atom is -0.469 e. The number of rotatable bonds is 6. The standard InChI is InChI=1S/C20H20N2O4/c1-13-12-26-14(2)18(13)17(23)11-20(25)15-7-3-4-8-16(15)22(19(20)24)10-6-5-9-21/h3-4,7-8,12,25H,5-6,10-11H2,1-2H3/t20-/m0/s1. The molecule has 0 saturated carbocycles. The third kappa shape index (κ3) is 2.80. The predicted octanol–water partition coefficient (Wildman–Crippen LogP) is 3.01. The Morgan fingerprint density at radius 2 is 2.08 bits per heavy atom. The lowest BCUT2D eigenvalue weighted by atomic mass is 9.87. The van der Waals surface area contributed by atoms with E-state index < -0.39 is 11.5 Å². The Kier molecular flexibility index (Phi) is 4.66. The van der Waals surface area contributed by atoms with Gasteiger partial charge in [0.1, 0.15) is 5.76 Å². The number of ketones is 1. The number of amides is 1. The molecule has 2 aromatic rings. The number of hydrogen-bond donors (Lipinski definition) is 1. The SMILES string of the molecule is Cc1coc(C)c1C(=O)C[C@@]1(O)C(=O)N(CCCC#N)c2ccccc21. The third-order valence-corrected chi connectivity index (χ3v) is 4.76. The summed E-state index contributed by atoms with van der Waals surface area (Å²) in [6.45, 7) is 3.76. The Labute approximate surface area is 151 Å². The second kappa shape index (κ2) is 6.77. The van der Waals surface area contributed by atoms with Crippen LogP contribution >= 0.6 is 0 Å². The van der Waals surface area contributed by atoms with Crippen LogP contribution in [0.15, 0.2) is 34.9 Å². The zero-order chi connectivity index (χ0) is 18.9. The minimum absolute atomic E-state index is 0.316. The van der Waals surface area contributed by atoms with Crippen molar-refractivity contribution in [3.63, 3.8) is 0 Å². The van der Waals surface area contributed by atoms with E-state index in [9.17, 15) is 14.7 Å². The molecule has 3 rings (SSSR count). The fraction of sp³-hybridized carbons (Fsp3) is 0.350. The maximum Gasteiger partial charge on any atom is 0.264 e. The molecule has 0 radical (unpaired) electrons. The van der Waals surface area contributed by atoms with Crippen molar-refractivity contribution in [1.82, 2.24) is 0 Å². The van der Waals surface area contributed by atoms with Gasteiger partial charge in [0.05, 0.1) is 30.0 Å². The quantitative estimate of drug-likeness (QED) is 0.637. The number of benzene rings is 1. The van der Waals surface area contributed by atoms with E-state index in [0.29, 0.717) is 47.5 Å². The molecule has 1 N–H and O–H groups in total. The number of para-hydroxylation sites is 1. The molecule has 0 saturated heterocycles. The molecular weight excluding hydrogens is 332 g/mol. The fourth-order valence-corrected chi connectivity index (χ4v) is 3.52. The summed E-state index contributed by atoms with van der Waals surface area (Å²) < 4.78 is 5.27. The van der Waals surface area contributed by atoms with E-state index in [1.165, 1.54) is 11.2 Å². The van der Waals surface area contributed by atoms with Crippen molar-refractivity contribution < 1.29 is 19.1 Å². The Morgan fingerprint density at radius 1 is 1.35 bits per heavy atom. The monoisotopic (exact) mass is 352 g/mol. The van der Waals surface area contributed by atoms with Crippen LogP contribution < -0.4 is 4.90 Å². The molecule has 0 aliphatic carbocycles. The highest BCUT2D eigenvalue weighted by atomic mass is 16.3. The van der Waals surface area contributed by atoms with Crippen LogP contribution in [0.3, 0.4) is 0 Å². The van der Waals surface area contributed by atoms with Gasteiger partial charge in [-0.15, -0.1) is 0 Å². The van der Waals surface area contributed by atoms with Gasteiger partial charge in [0.2, 0.25) is 0 Å². The molecule has 0 spiro atoms. The average molecular weight is 352 g/mol. The average Bonchev–Trinajstić information content (AvgIpc) is 3.05. The topological polar surface area (TPSA) is 94.5 Å². The molecule has 1 amide bonds. The van der Waals surface area contributed by atoms with Crippen LogP contribution in [0.5, 0.6) is 0 Å². The highest BCUT2D eigenvalue weighted by Gasteiger charge is 2.50. The largest absolute Gasteiger partial charge is 0.469 e. The molecule has 1 aromatic heterocycles. The number of nitrogens with zero attached hydrogens (tertiary/aromatic N) is 2. The highest BCUT2D eigenvalue weighted by molar-refractivity contribution is 6.11. The normalized spacial score (nSPS) is 18.7. The van der Waals surface area contributed by atoms with Crippen LogP contribution in [-0.2, 0) is 10.4 Å². The molecule has 1 atom stereocenters. The number of unbranched alkanes of at least 4 members (excludes halogenated alkanes) is 1. The first-order chi connectivity index (χ1) is 12.4. The maximum absolute atomic E-state index is 13.0. The lowest BCUT2D eigenvalue weighted by Crippen LogP contribution is -2.42. The van der Waals surface area contributed by atoms with Crippen molar-refractivity contribution in [1.29, 1.82) is 5.26 Å². The molecule has 1 aliphatic heterocycles. The number of Topliss-reactive ketones (excluding diaryl/α,β-unsaturated/α-hetero) is 1. The number of carbonyl (C=O) groups excluding carboxylic acids is 2. The smallest absolute Gasteiger partial charge is 0.264 e. The van der Waals surface area contributed by atoms with Crippen molar-refractivity contribution in [2.24, 2.45) is 0 Å². The van der Waals surface area contributed by atoms with Crippen LogP contribution in [-0.4, -0.2) is 23.3 Å². The number of fused-ring (bicyclic) bond motifs is 1. The molecule has 0 bridgehead atoms. The molecule has 2 heterocycles. The van der Waals surface area contributed by atoms with E-state index >= 15 is 0 Å². The van der Waals surface area contributed by atoms with Gasteiger partial charge in [-0.1, -0.05) is 18.2 Å². The molecule has 134 valence electrons. The summed E-state index contributed by atoms with van der Waals surface area (Å²) in [4.78, 5) is 27.2. The van der Waals surface area contributed by atoms with Gasteiger partial charge in [-0.05, 0) is 31.9 Å². The van der Waals surface area contributed by atoms with Crippen LogP contribution in [0.25, 0.3) is 0 Å². The number of carbonyl (C=O) groups is 2. The Bertz CT molecular complexity index is 889. The molecule has 1 aromatic carbocycles. The Hall–Kier alpha value is -2.91. The highest BCUT2D eigenvalue weighted by Crippen LogP contribution is 2.43. The van der Waals surface area contributed by atoms with Crippen molar-refractivity contribution in [3.05, 3.63) is 53.0 Å². The number of furan rings is 1. The molecule has 1 aliphatic rings. The van der Waals surface area contributed by atoms with Gasteiger partial charge in [-0.3, -0.25) is 9.59 Å². The van der Waals surface area contributed by atoms with Gasteiger partial charge in [0, 0.05) is 18.5 Å². The van der Waals surface area contributed by atoms with Crippen molar-refractivity contribution in [3.8, 4) is 6.07 Å². The van der Waals surface area contributed by atoms with Crippen LogP contribution in [0.2, 0.25) is 0 Å². The molecule has 6 nitrogen and oxygen atoms in total. The summed E-state index contributed by atoms with van der Waals surface area (Å²) in [5.41, 5.74) is 0.198. The van der Waals surface area contributed by atoms with Crippen molar-refractivity contribution in [2.75, 3.05) is 11.4 Å². The fourth-order valence-electron chi connectivity index (χ4n) is 3.52. The summed E-state index contributed by atoms with van der Waals surface area (Å²) >= 11 is 0. The van der Waals surface area contributed by atoms with E-state index in [1.807, 2.05) is 6.07 Å². The van der Waals surface area contributed by atoms with Crippen LogP contribution in [0.1, 0.15) is 46.5 Å². The van der Waals surface area contributed by atoms with E-state index in [0.717, 1.165) is 0 Å². The molecule has 6 heteroatoms. The van der Waals surface area contributed by atoms with E-state index in [4.69, 9.17) is 9.68 Å². The summed E-state index contributed by atoms with van der Waals surface area (Å²) in [5, 5.41) is 19.9. The Balaban J connectivity index is 1.94. The summed E-state index contributed by atoms with van der Waals surface area (Å²) in [7, 11) is 0. The van der Waals surface area contributed by atoms with Gasteiger partial charge in [-0.2, -0.15) is 5.26 Å². The lowest BCUT2D eigenvalue weighted by Gasteiger charge is -2.22. The third-order valence-electron chi connectivity index (χ3n) is 4.76. The second-order valence-corrected chi connectivity index (χ2v) is 6.55. The zero-order valence-electron chi connectivity index (χ0n) is 14.8. The number of aryl methyl sites for hydroxylation is 2. The molecule has 0 unspecified atom stereocenters. The Morgan fingerprint density at radius 3 is 2.73 bits per heavy atom. The predicted molar refractivity (Wildman–Crippen MR) is 94.7 cm³/mol. The first-order valence-corrected chi connectivity index (χ1v) is 8.49. The molecule has 26 heavy (non-hydrogen) atoms. The number of aliphatic hydroxyl groups is 1. The van der Waals surface area contributed by atoms with Crippen LogP contribution in [0.4, 0.5) is 5.69 Å². The number of anilines is 1. The van der Waals surface area contributed by atoms with E-state index in [2.05, 4.69) is 0 Å². The number of nitriles is 1. The summed E-state index contributed by atoms with van der Waals surface area (Å²) in [6.07, 6.45) is 1.96. The van der Waals surface area contributed by atoms with Gasteiger partial charge >= 0.3 is 0 Å². The van der Waals surface area contributed by atoms with Gasteiger partial charge in [0.15, 0.2) is 11.4 Å². The van der Waals surface area contributed by atoms with E-state index in [-0.39, 0.29) is 12.2 Å². The van der Waals surface area contributed by atoms with Gasteiger partial charge < -0.3 is 14.4 Å². The number of hydrogen-bond acceptors (Lipinski definition) is 5. The van der Waals surface area contributed by atoms with Crippen molar-refractivity contribution in [2.45, 2.75) is 38.7 Å². The second-order valence-electron chi connectivity index (χ2n) is 6.55. The summed E-state index contributed by atoms with van der Waals surface area (Å²) in [5.74, 6) is -0.386. The van der Waals surface area contributed by atoms with Crippen molar-refractivity contribution >= 4 is 17.4 Å². The maximum atomic E-state index is 13.0. The van der Waals surface area contributed by atoms with E-state index in [1.54, 1.807) is 38.1 Å². The summed E-state index contributed by atoms with van der Waals surface area (Å²) in [6, 6.07) is 8.97. The molecular formula is C20H20N2O4. The van der Waals surface area contributed by atoms with Gasteiger partial charge in [-0.25, -0.2) is 0 Å². The van der Waals surface area contributed by atoms with Crippen LogP contribution in [0, 0.1) is 25.2 Å². The molecule has 0 fully saturated rings. The lowest BCUT2D eigenvalue weighted by molar-refractivity contribution is -0.135. The first-order valence-electron chi connectivity index (χ1n) is 8.49. The first kappa shape index (κ1) is 17.9. The van der Waals surface area contributed by atoms with Gasteiger partial charge in [0.25, 0.3) is 5.91 Å².